The molecule has 1 aromatic rings. The molecule has 0 radical (unpaired) electrons. The number of aryl methyl sites for hydroxylation is 1. The van der Waals surface area contributed by atoms with E-state index in [1.165, 1.54) is 18.4 Å². The van der Waals surface area contributed by atoms with Crippen LogP contribution in [0.25, 0.3) is 0 Å². The summed E-state index contributed by atoms with van der Waals surface area (Å²) in [7, 11) is 1.97. The number of benzene rings is 1. The average Bonchev–Trinajstić information content (AvgIpc) is 2.84. The Kier molecular flexibility index (Phi) is 4.51. The van der Waals surface area contributed by atoms with Crippen molar-refractivity contribution in [2.24, 2.45) is 0 Å². The average molecular weight is 307 g/mol. The molecule has 2 atom stereocenters. The molecule has 2 fully saturated rings. The van der Waals surface area contributed by atoms with Crippen molar-refractivity contribution >= 4 is 17.5 Å². The second-order valence-electron chi connectivity index (χ2n) is 6.39. The van der Waals surface area contributed by atoms with Crippen LogP contribution in [0.15, 0.2) is 24.3 Å². The Hall–Kier alpha value is -1.06. The molecule has 3 rings (SSSR count). The molecule has 1 amide bonds. The lowest BCUT2D eigenvalue weighted by Gasteiger charge is -2.35. The van der Waals surface area contributed by atoms with Crippen molar-refractivity contribution in [1.82, 2.24) is 10.2 Å². The summed E-state index contributed by atoms with van der Waals surface area (Å²) < 4.78 is 0. The summed E-state index contributed by atoms with van der Waals surface area (Å²) in [5.74, 6) is 0.260. The fourth-order valence-corrected chi connectivity index (χ4v) is 3.75. The van der Waals surface area contributed by atoms with Gasteiger partial charge >= 0.3 is 0 Å². The van der Waals surface area contributed by atoms with Crippen molar-refractivity contribution in [3.63, 3.8) is 0 Å². The van der Waals surface area contributed by atoms with E-state index in [9.17, 15) is 4.79 Å². The smallest absolute Gasteiger partial charge is 0.222 e. The Bertz CT molecular complexity index is 490. The third-order valence-electron chi connectivity index (χ3n) is 4.93. The van der Waals surface area contributed by atoms with Gasteiger partial charge in [0.15, 0.2) is 0 Å². The van der Waals surface area contributed by atoms with Crippen LogP contribution in [0.5, 0.6) is 0 Å². The first-order chi connectivity index (χ1) is 10.1. The first-order valence-corrected chi connectivity index (χ1v) is 8.26. The Morgan fingerprint density at radius 3 is 2.48 bits per heavy atom. The largest absolute Gasteiger partial charge is 0.343 e. The van der Waals surface area contributed by atoms with Crippen molar-refractivity contribution < 1.29 is 4.79 Å². The zero-order chi connectivity index (χ0) is 14.8. The standard InChI is InChI=1S/C17H23ClN2O/c1-20(16-10-14-7-8-15(11-16)19-14)17(21)9-4-12-2-5-13(18)6-3-12/h2-3,5-6,14-16,19H,4,7-11H2,1H3. The van der Waals surface area contributed by atoms with Gasteiger partial charge in [-0.15, -0.1) is 0 Å². The first kappa shape index (κ1) is 14.9. The van der Waals surface area contributed by atoms with E-state index in [1.807, 2.05) is 36.2 Å². The zero-order valence-corrected chi connectivity index (χ0v) is 13.3. The molecule has 3 nitrogen and oxygen atoms in total. The van der Waals surface area contributed by atoms with Gasteiger partial charge in [-0.25, -0.2) is 0 Å². The highest BCUT2D eigenvalue weighted by atomic mass is 35.5. The van der Waals surface area contributed by atoms with Gasteiger partial charge in [-0.1, -0.05) is 23.7 Å². The van der Waals surface area contributed by atoms with Gasteiger partial charge in [-0.3, -0.25) is 4.79 Å². The van der Waals surface area contributed by atoms with Crippen molar-refractivity contribution in [2.45, 2.75) is 56.7 Å². The third-order valence-corrected chi connectivity index (χ3v) is 5.18. The molecular formula is C17H23ClN2O. The summed E-state index contributed by atoms with van der Waals surface area (Å²) in [5, 5.41) is 4.37. The van der Waals surface area contributed by atoms with Gasteiger partial charge in [0, 0.05) is 36.6 Å². The van der Waals surface area contributed by atoms with Gasteiger partial charge in [0.2, 0.25) is 5.91 Å². The number of carbonyl (C=O) groups is 1. The fourth-order valence-electron chi connectivity index (χ4n) is 3.63. The molecule has 2 aliphatic rings. The van der Waals surface area contributed by atoms with Gasteiger partial charge < -0.3 is 10.2 Å². The molecular weight excluding hydrogens is 284 g/mol. The molecule has 21 heavy (non-hydrogen) atoms. The quantitative estimate of drug-likeness (QED) is 0.927. The van der Waals surface area contributed by atoms with Gasteiger partial charge in [0.25, 0.3) is 0 Å². The topological polar surface area (TPSA) is 32.3 Å². The number of carbonyl (C=O) groups excluding carboxylic acids is 1. The lowest BCUT2D eigenvalue weighted by atomic mass is 9.98. The number of hydrogen-bond donors (Lipinski definition) is 1. The van der Waals surface area contributed by atoms with Crippen molar-refractivity contribution in [2.75, 3.05) is 7.05 Å². The molecule has 2 bridgehead atoms. The summed E-state index contributed by atoms with van der Waals surface area (Å²) >= 11 is 5.88. The van der Waals surface area contributed by atoms with Gasteiger partial charge in [0.1, 0.15) is 0 Å². The molecule has 0 aliphatic carbocycles. The minimum absolute atomic E-state index is 0.260. The molecule has 2 saturated heterocycles. The van der Waals surface area contributed by atoms with Crippen molar-refractivity contribution in [1.29, 1.82) is 0 Å². The molecule has 2 unspecified atom stereocenters. The molecule has 114 valence electrons. The lowest BCUT2D eigenvalue weighted by molar-refractivity contribution is -0.132. The maximum Gasteiger partial charge on any atom is 0.222 e. The third kappa shape index (κ3) is 3.58. The predicted octanol–water partition coefficient (Wildman–Crippen LogP) is 3.01. The number of nitrogens with zero attached hydrogens (tertiary/aromatic N) is 1. The predicted molar refractivity (Wildman–Crippen MR) is 85.5 cm³/mol. The highest BCUT2D eigenvalue weighted by molar-refractivity contribution is 6.30. The van der Waals surface area contributed by atoms with Crippen molar-refractivity contribution in [3.8, 4) is 0 Å². The van der Waals surface area contributed by atoms with E-state index in [2.05, 4.69) is 5.32 Å². The maximum atomic E-state index is 12.4. The molecule has 0 saturated carbocycles. The zero-order valence-electron chi connectivity index (χ0n) is 12.5. The van der Waals surface area contributed by atoms with E-state index in [-0.39, 0.29) is 5.91 Å². The monoisotopic (exact) mass is 306 g/mol. The second kappa shape index (κ2) is 6.37. The molecule has 0 spiro atoms. The van der Waals surface area contributed by atoms with Gasteiger partial charge in [-0.05, 0) is 49.8 Å². The highest BCUT2D eigenvalue weighted by Crippen LogP contribution is 2.29. The van der Waals surface area contributed by atoms with E-state index >= 15 is 0 Å². The van der Waals surface area contributed by atoms with Crippen LogP contribution in [0.3, 0.4) is 0 Å². The Balaban J connectivity index is 1.51. The van der Waals surface area contributed by atoms with Crippen LogP contribution >= 0.6 is 11.6 Å². The molecule has 0 aromatic heterocycles. The number of rotatable bonds is 4. The van der Waals surface area contributed by atoms with E-state index in [0.717, 1.165) is 24.3 Å². The normalized spacial score (nSPS) is 27.6. The summed E-state index contributed by atoms with van der Waals surface area (Å²) in [6.45, 7) is 0. The molecule has 4 heteroatoms. The van der Waals surface area contributed by atoms with Crippen LogP contribution in [0.2, 0.25) is 5.02 Å². The summed E-state index contributed by atoms with van der Waals surface area (Å²) in [6.07, 6.45) is 6.14. The van der Waals surface area contributed by atoms with Crippen LogP contribution in [0.4, 0.5) is 0 Å². The summed E-state index contributed by atoms with van der Waals surface area (Å²) in [5.41, 5.74) is 1.17. The number of halogens is 1. The van der Waals surface area contributed by atoms with Gasteiger partial charge in [0.05, 0.1) is 0 Å². The van der Waals surface area contributed by atoms with Crippen LogP contribution in [-0.2, 0) is 11.2 Å². The van der Waals surface area contributed by atoms with Crippen LogP contribution in [0, 0.1) is 0 Å². The number of piperidine rings is 1. The molecule has 2 heterocycles. The van der Waals surface area contributed by atoms with Crippen LogP contribution < -0.4 is 5.32 Å². The SMILES string of the molecule is CN(C(=O)CCc1ccc(Cl)cc1)C1CC2CCC(C1)N2. The van der Waals surface area contributed by atoms with E-state index in [1.54, 1.807) is 0 Å². The minimum Gasteiger partial charge on any atom is -0.343 e. The number of amides is 1. The Morgan fingerprint density at radius 1 is 1.24 bits per heavy atom. The van der Waals surface area contributed by atoms with E-state index < -0.39 is 0 Å². The number of hydrogen-bond acceptors (Lipinski definition) is 2. The molecule has 1 aromatic carbocycles. The lowest BCUT2D eigenvalue weighted by Crippen LogP contribution is -2.48. The molecule has 1 N–H and O–H groups in total. The fraction of sp³-hybridized carbons (Fsp3) is 0.588. The summed E-state index contributed by atoms with van der Waals surface area (Å²) in [6, 6.07) is 9.44. The minimum atomic E-state index is 0.260. The number of nitrogens with one attached hydrogen (secondary N) is 1. The van der Waals surface area contributed by atoms with Crippen LogP contribution in [0.1, 0.15) is 37.7 Å². The van der Waals surface area contributed by atoms with E-state index in [4.69, 9.17) is 11.6 Å². The van der Waals surface area contributed by atoms with Crippen LogP contribution in [-0.4, -0.2) is 36.0 Å². The maximum absolute atomic E-state index is 12.4. The van der Waals surface area contributed by atoms with E-state index in [0.29, 0.717) is 24.5 Å². The number of fused-ring (bicyclic) bond motifs is 2. The molecule has 2 aliphatic heterocycles. The first-order valence-electron chi connectivity index (χ1n) is 7.88. The Morgan fingerprint density at radius 2 is 1.86 bits per heavy atom. The second-order valence-corrected chi connectivity index (χ2v) is 6.83. The summed E-state index contributed by atoms with van der Waals surface area (Å²) in [4.78, 5) is 14.4. The van der Waals surface area contributed by atoms with Gasteiger partial charge in [-0.2, -0.15) is 0 Å². The van der Waals surface area contributed by atoms with Crippen molar-refractivity contribution in [3.05, 3.63) is 34.9 Å². The Labute approximate surface area is 131 Å². The highest BCUT2D eigenvalue weighted by Gasteiger charge is 2.36.